The molecule has 3 heterocycles. The number of nitrogens with zero attached hydrogens (tertiary/aromatic N) is 4. The average molecular weight is 268 g/mol. The lowest BCUT2D eigenvalue weighted by molar-refractivity contribution is 0.198. The quantitative estimate of drug-likeness (QED) is 0.855. The maximum absolute atomic E-state index is 4.22. The maximum atomic E-state index is 4.22. The second-order valence-corrected chi connectivity index (χ2v) is 5.20. The molecule has 0 aromatic carbocycles. The highest BCUT2D eigenvalue weighted by atomic mass is 15.3. The van der Waals surface area contributed by atoms with E-state index in [0.29, 0.717) is 6.04 Å². The molecule has 1 aliphatic heterocycles. The molecule has 0 saturated carbocycles. The van der Waals surface area contributed by atoms with Crippen molar-refractivity contribution in [3.8, 4) is 0 Å². The summed E-state index contributed by atoms with van der Waals surface area (Å²) in [4.78, 5) is 13.3. The van der Waals surface area contributed by atoms with E-state index in [0.717, 1.165) is 26.2 Å². The summed E-state index contributed by atoms with van der Waals surface area (Å²) >= 11 is 0. The number of hydrogen-bond acceptors (Lipinski definition) is 4. The zero-order valence-electron chi connectivity index (χ0n) is 11.8. The van der Waals surface area contributed by atoms with Crippen LogP contribution in [-0.2, 0) is 0 Å². The van der Waals surface area contributed by atoms with Gasteiger partial charge < -0.3 is 4.90 Å². The van der Waals surface area contributed by atoms with Gasteiger partial charge in [0.25, 0.3) is 0 Å². The van der Waals surface area contributed by atoms with E-state index in [2.05, 4.69) is 38.8 Å². The Morgan fingerprint density at radius 2 is 1.65 bits per heavy atom. The molecule has 0 aliphatic carbocycles. The van der Waals surface area contributed by atoms with Gasteiger partial charge in [0.2, 0.25) is 0 Å². The summed E-state index contributed by atoms with van der Waals surface area (Å²) in [6.45, 7) is 6.51. The van der Waals surface area contributed by atoms with Gasteiger partial charge in [-0.1, -0.05) is 6.07 Å². The molecule has 0 amide bonds. The Bertz CT molecular complexity index is 521. The largest absolute Gasteiger partial charge is 0.368 e. The predicted octanol–water partition coefficient (Wildman–Crippen LogP) is 2.36. The van der Waals surface area contributed by atoms with Crippen LogP contribution in [-0.4, -0.2) is 41.0 Å². The molecule has 3 rings (SSSR count). The summed E-state index contributed by atoms with van der Waals surface area (Å²) < 4.78 is 0. The predicted molar refractivity (Wildman–Crippen MR) is 80.7 cm³/mol. The minimum Gasteiger partial charge on any atom is -0.368 e. The summed E-state index contributed by atoms with van der Waals surface area (Å²) in [5, 5.41) is 0. The second-order valence-electron chi connectivity index (χ2n) is 5.20. The maximum Gasteiger partial charge on any atom is 0.0553 e. The monoisotopic (exact) mass is 268 g/mol. The number of aromatic nitrogens is 2. The SMILES string of the molecule is CC(c1cccnc1)N1CCN(c2cccnc2)CC1. The van der Waals surface area contributed by atoms with Gasteiger partial charge in [-0.05, 0) is 30.7 Å². The van der Waals surface area contributed by atoms with Gasteiger partial charge in [0.05, 0.1) is 11.9 Å². The Hall–Kier alpha value is -1.94. The lowest BCUT2D eigenvalue weighted by Crippen LogP contribution is -2.47. The van der Waals surface area contributed by atoms with Crippen LogP contribution in [0.1, 0.15) is 18.5 Å². The van der Waals surface area contributed by atoms with Crippen molar-refractivity contribution in [2.45, 2.75) is 13.0 Å². The molecule has 2 aromatic rings. The lowest BCUT2D eigenvalue weighted by Gasteiger charge is -2.39. The van der Waals surface area contributed by atoms with Gasteiger partial charge in [0.1, 0.15) is 0 Å². The van der Waals surface area contributed by atoms with Crippen LogP contribution in [0.4, 0.5) is 5.69 Å². The van der Waals surface area contributed by atoms with E-state index in [4.69, 9.17) is 0 Å². The molecule has 2 aromatic heterocycles. The molecule has 104 valence electrons. The normalized spacial score (nSPS) is 17.9. The highest BCUT2D eigenvalue weighted by Gasteiger charge is 2.22. The van der Waals surface area contributed by atoms with Crippen LogP contribution < -0.4 is 4.90 Å². The van der Waals surface area contributed by atoms with E-state index in [1.54, 1.807) is 0 Å². The van der Waals surface area contributed by atoms with Gasteiger partial charge in [0.15, 0.2) is 0 Å². The number of rotatable bonds is 3. The Morgan fingerprint density at radius 3 is 2.25 bits per heavy atom. The van der Waals surface area contributed by atoms with Gasteiger partial charge in [0, 0.05) is 50.8 Å². The van der Waals surface area contributed by atoms with Crippen molar-refractivity contribution in [2.24, 2.45) is 0 Å². The van der Waals surface area contributed by atoms with Crippen LogP contribution in [0.25, 0.3) is 0 Å². The number of piperazine rings is 1. The Balaban J connectivity index is 1.61. The van der Waals surface area contributed by atoms with Crippen molar-refractivity contribution in [1.82, 2.24) is 14.9 Å². The van der Waals surface area contributed by atoms with E-state index < -0.39 is 0 Å². The zero-order valence-corrected chi connectivity index (χ0v) is 11.8. The minimum absolute atomic E-state index is 0.430. The van der Waals surface area contributed by atoms with Crippen molar-refractivity contribution in [3.63, 3.8) is 0 Å². The van der Waals surface area contributed by atoms with Gasteiger partial charge in [-0.3, -0.25) is 14.9 Å². The van der Waals surface area contributed by atoms with Gasteiger partial charge in [-0.25, -0.2) is 0 Å². The number of hydrogen-bond donors (Lipinski definition) is 0. The van der Waals surface area contributed by atoms with Crippen molar-refractivity contribution in [2.75, 3.05) is 31.1 Å². The Morgan fingerprint density at radius 1 is 0.950 bits per heavy atom. The first-order chi connectivity index (χ1) is 9.84. The van der Waals surface area contributed by atoms with E-state index in [1.807, 2.05) is 36.9 Å². The van der Waals surface area contributed by atoms with E-state index in [9.17, 15) is 0 Å². The average Bonchev–Trinajstić information content (AvgIpc) is 2.56. The number of anilines is 1. The van der Waals surface area contributed by atoms with Crippen molar-refractivity contribution < 1.29 is 0 Å². The van der Waals surface area contributed by atoms with Crippen LogP contribution in [0.3, 0.4) is 0 Å². The highest BCUT2D eigenvalue weighted by Crippen LogP contribution is 2.22. The van der Waals surface area contributed by atoms with Crippen LogP contribution in [0.5, 0.6) is 0 Å². The molecule has 0 bridgehead atoms. The van der Waals surface area contributed by atoms with Gasteiger partial charge in [-0.2, -0.15) is 0 Å². The first-order valence-electron chi connectivity index (χ1n) is 7.13. The lowest BCUT2D eigenvalue weighted by atomic mass is 10.1. The molecular weight excluding hydrogens is 248 g/mol. The van der Waals surface area contributed by atoms with Crippen LogP contribution in [0.15, 0.2) is 49.1 Å². The Kier molecular flexibility index (Phi) is 3.92. The third-order valence-corrected chi connectivity index (χ3v) is 4.04. The molecule has 1 atom stereocenters. The van der Waals surface area contributed by atoms with Crippen molar-refractivity contribution in [3.05, 3.63) is 54.6 Å². The molecule has 4 heteroatoms. The molecule has 1 saturated heterocycles. The molecule has 1 unspecified atom stereocenters. The smallest absolute Gasteiger partial charge is 0.0553 e. The summed E-state index contributed by atoms with van der Waals surface area (Å²) in [7, 11) is 0. The first kappa shape index (κ1) is 13.1. The molecule has 0 spiro atoms. The third-order valence-electron chi connectivity index (χ3n) is 4.04. The zero-order chi connectivity index (χ0) is 13.8. The van der Waals surface area contributed by atoms with Crippen LogP contribution in [0.2, 0.25) is 0 Å². The Labute approximate surface area is 120 Å². The van der Waals surface area contributed by atoms with Crippen molar-refractivity contribution in [1.29, 1.82) is 0 Å². The first-order valence-corrected chi connectivity index (χ1v) is 7.13. The molecule has 1 fully saturated rings. The van der Waals surface area contributed by atoms with Crippen LogP contribution in [0, 0.1) is 0 Å². The van der Waals surface area contributed by atoms with Gasteiger partial charge in [-0.15, -0.1) is 0 Å². The molecular formula is C16H20N4. The van der Waals surface area contributed by atoms with E-state index in [1.165, 1.54) is 11.3 Å². The third kappa shape index (κ3) is 2.80. The topological polar surface area (TPSA) is 32.3 Å². The fraction of sp³-hybridized carbons (Fsp3) is 0.375. The summed E-state index contributed by atoms with van der Waals surface area (Å²) in [5.41, 5.74) is 2.52. The van der Waals surface area contributed by atoms with Crippen molar-refractivity contribution >= 4 is 5.69 Å². The fourth-order valence-electron chi connectivity index (χ4n) is 2.74. The van der Waals surface area contributed by atoms with E-state index in [-0.39, 0.29) is 0 Å². The molecule has 20 heavy (non-hydrogen) atoms. The van der Waals surface area contributed by atoms with Gasteiger partial charge >= 0.3 is 0 Å². The summed E-state index contributed by atoms with van der Waals surface area (Å²) in [6, 6.07) is 8.73. The number of pyridine rings is 2. The second kappa shape index (κ2) is 6.01. The van der Waals surface area contributed by atoms with Crippen LogP contribution >= 0.6 is 0 Å². The standard InChI is InChI=1S/C16H20N4/c1-14(15-4-2-6-17-12-15)19-8-10-20(11-9-19)16-5-3-7-18-13-16/h2-7,12-14H,8-11H2,1H3. The highest BCUT2D eigenvalue weighted by molar-refractivity contribution is 5.44. The molecule has 0 radical (unpaired) electrons. The fourth-order valence-corrected chi connectivity index (χ4v) is 2.74. The van der Waals surface area contributed by atoms with E-state index >= 15 is 0 Å². The molecule has 1 aliphatic rings. The molecule has 4 nitrogen and oxygen atoms in total. The minimum atomic E-state index is 0.430. The molecule has 0 N–H and O–H groups in total. The summed E-state index contributed by atoms with van der Waals surface area (Å²) in [6.07, 6.45) is 7.57. The summed E-state index contributed by atoms with van der Waals surface area (Å²) in [5.74, 6) is 0.